The van der Waals surface area contributed by atoms with Gasteiger partial charge in [0.15, 0.2) is 0 Å². The summed E-state index contributed by atoms with van der Waals surface area (Å²) in [5.41, 5.74) is 7.62. The first-order valence-corrected chi connectivity index (χ1v) is 6.23. The smallest absolute Gasteiger partial charge is 0.251 e. The molecule has 0 fully saturated rings. The molecule has 4 nitrogen and oxygen atoms in total. The second-order valence-corrected chi connectivity index (χ2v) is 5.06. The van der Waals surface area contributed by atoms with Gasteiger partial charge in [0.25, 0.3) is 5.91 Å². The van der Waals surface area contributed by atoms with Crippen molar-refractivity contribution < 1.29 is 4.79 Å². The molecule has 3 N–H and O–H groups in total. The normalized spacial score (nSPS) is 12.3. The maximum absolute atomic E-state index is 11.9. The molecule has 1 aromatic carbocycles. The minimum atomic E-state index is -0.0728. The Bertz CT molecular complexity index is 385. The van der Waals surface area contributed by atoms with Crippen LogP contribution in [0.5, 0.6) is 0 Å². The van der Waals surface area contributed by atoms with Gasteiger partial charge in [0.1, 0.15) is 0 Å². The SMILES string of the molecule is CC(C)C(N)CNC(=O)c1ccc(N(C)C)cc1. The lowest BCUT2D eigenvalue weighted by Gasteiger charge is -2.16. The molecule has 0 aliphatic heterocycles. The number of nitrogens with one attached hydrogen (secondary N) is 1. The standard InChI is InChI=1S/C14H23N3O/c1-10(2)13(15)9-16-14(18)11-5-7-12(8-6-11)17(3)4/h5-8,10,13H,9,15H2,1-4H3,(H,16,18). The molecule has 0 heterocycles. The van der Waals surface area contributed by atoms with Gasteiger partial charge >= 0.3 is 0 Å². The Morgan fingerprint density at radius 1 is 1.28 bits per heavy atom. The number of anilines is 1. The van der Waals surface area contributed by atoms with Crippen molar-refractivity contribution in [1.82, 2.24) is 5.32 Å². The van der Waals surface area contributed by atoms with Crippen LogP contribution in [0.3, 0.4) is 0 Å². The van der Waals surface area contributed by atoms with Crippen LogP contribution in [-0.4, -0.2) is 32.6 Å². The van der Waals surface area contributed by atoms with E-state index in [0.717, 1.165) is 5.69 Å². The van der Waals surface area contributed by atoms with Gasteiger partial charge in [0, 0.05) is 37.9 Å². The zero-order chi connectivity index (χ0) is 13.7. The van der Waals surface area contributed by atoms with Crippen molar-refractivity contribution in [3.05, 3.63) is 29.8 Å². The van der Waals surface area contributed by atoms with E-state index >= 15 is 0 Å². The molecule has 1 amide bonds. The van der Waals surface area contributed by atoms with E-state index in [9.17, 15) is 4.79 Å². The van der Waals surface area contributed by atoms with E-state index in [0.29, 0.717) is 18.0 Å². The zero-order valence-electron chi connectivity index (χ0n) is 11.6. The second-order valence-electron chi connectivity index (χ2n) is 5.06. The van der Waals surface area contributed by atoms with Gasteiger partial charge in [-0.25, -0.2) is 0 Å². The van der Waals surface area contributed by atoms with Gasteiger partial charge in [-0.1, -0.05) is 13.8 Å². The lowest BCUT2D eigenvalue weighted by Crippen LogP contribution is -2.40. The van der Waals surface area contributed by atoms with Gasteiger partial charge in [-0.3, -0.25) is 4.79 Å². The fourth-order valence-electron chi connectivity index (χ4n) is 1.46. The van der Waals surface area contributed by atoms with Crippen LogP contribution in [0.1, 0.15) is 24.2 Å². The molecule has 0 radical (unpaired) electrons. The maximum Gasteiger partial charge on any atom is 0.251 e. The number of hydrogen-bond acceptors (Lipinski definition) is 3. The Labute approximate surface area is 109 Å². The van der Waals surface area contributed by atoms with Crippen LogP contribution in [0.2, 0.25) is 0 Å². The number of nitrogens with two attached hydrogens (primary N) is 1. The Morgan fingerprint density at radius 2 is 1.83 bits per heavy atom. The topological polar surface area (TPSA) is 58.4 Å². The minimum Gasteiger partial charge on any atom is -0.378 e. The Morgan fingerprint density at radius 3 is 2.28 bits per heavy atom. The molecule has 1 rings (SSSR count). The van der Waals surface area contributed by atoms with Crippen LogP contribution in [-0.2, 0) is 0 Å². The first-order valence-electron chi connectivity index (χ1n) is 6.23. The third-order valence-electron chi connectivity index (χ3n) is 3.00. The summed E-state index contributed by atoms with van der Waals surface area (Å²) in [4.78, 5) is 13.9. The first-order chi connectivity index (χ1) is 8.41. The predicted molar refractivity (Wildman–Crippen MR) is 75.9 cm³/mol. The zero-order valence-corrected chi connectivity index (χ0v) is 11.6. The van der Waals surface area contributed by atoms with Crippen molar-refractivity contribution in [2.75, 3.05) is 25.5 Å². The summed E-state index contributed by atoms with van der Waals surface area (Å²) in [6, 6.07) is 7.50. The average Bonchev–Trinajstić information content (AvgIpc) is 2.35. The van der Waals surface area contributed by atoms with Crippen molar-refractivity contribution >= 4 is 11.6 Å². The van der Waals surface area contributed by atoms with Gasteiger partial charge in [-0.15, -0.1) is 0 Å². The highest BCUT2D eigenvalue weighted by Gasteiger charge is 2.10. The minimum absolute atomic E-state index is 0.00463. The summed E-state index contributed by atoms with van der Waals surface area (Å²) in [6.07, 6.45) is 0. The molecule has 100 valence electrons. The predicted octanol–water partition coefficient (Wildman–Crippen LogP) is 1.47. The van der Waals surface area contributed by atoms with Crippen LogP contribution in [0, 0.1) is 5.92 Å². The van der Waals surface area contributed by atoms with E-state index in [-0.39, 0.29) is 11.9 Å². The summed E-state index contributed by atoms with van der Waals surface area (Å²) in [7, 11) is 3.94. The van der Waals surface area contributed by atoms with E-state index in [1.54, 1.807) is 0 Å². The van der Waals surface area contributed by atoms with Gasteiger partial charge < -0.3 is 16.0 Å². The highest BCUT2D eigenvalue weighted by molar-refractivity contribution is 5.94. The Hall–Kier alpha value is -1.55. The molecular formula is C14H23N3O. The van der Waals surface area contributed by atoms with E-state index in [4.69, 9.17) is 5.73 Å². The molecule has 0 spiro atoms. The number of hydrogen-bond donors (Lipinski definition) is 2. The number of carbonyl (C=O) groups excluding carboxylic acids is 1. The molecule has 1 aromatic rings. The molecule has 0 aromatic heterocycles. The molecule has 18 heavy (non-hydrogen) atoms. The highest BCUT2D eigenvalue weighted by Crippen LogP contribution is 2.12. The second kappa shape index (κ2) is 6.40. The molecule has 0 aliphatic rings. The molecule has 0 saturated heterocycles. The molecule has 0 bridgehead atoms. The third kappa shape index (κ3) is 4.04. The number of amides is 1. The van der Waals surface area contributed by atoms with E-state index < -0.39 is 0 Å². The highest BCUT2D eigenvalue weighted by atomic mass is 16.1. The van der Waals surface area contributed by atoms with Crippen LogP contribution >= 0.6 is 0 Å². The Kier molecular flexibility index (Phi) is 5.16. The van der Waals surface area contributed by atoms with Crippen molar-refractivity contribution in [2.24, 2.45) is 11.7 Å². The molecule has 4 heteroatoms. The number of nitrogens with zero attached hydrogens (tertiary/aromatic N) is 1. The number of carbonyl (C=O) groups is 1. The van der Waals surface area contributed by atoms with Crippen molar-refractivity contribution in [2.45, 2.75) is 19.9 Å². The third-order valence-corrected chi connectivity index (χ3v) is 3.00. The van der Waals surface area contributed by atoms with Crippen LogP contribution in [0.25, 0.3) is 0 Å². The summed E-state index contributed by atoms with van der Waals surface area (Å²) in [5.74, 6) is 0.290. The molecule has 0 saturated carbocycles. The van der Waals surface area contributed by atoms with Crippen LogP contribution in [0.15, 0.2) is 24.3 Å². The van der Waals surface area contributed by atoms with Crippen molar-refractivity contribution in [3.8, 4) is 0 Å². The number of rotatable bonds is 5. The summed E-state index contributed by atoms with van der Waals surface area (Å²) in [6.45, 7) is 4.59. The summed E-state index contributed by atoms with van der Waals surface area (Å²) in [5, 5.41) is 2.85. The van der Waals surface area contributed by atoms with E-state index in [2.05, 4.69) is 5.32 Å². The number of benzene rings is 1. The van der Waals surface area contributed by atoms with Gasteiger partial charge in [0.05, 0.1) is 0 Å². The lowest BCUT2D eigenvalue weighted by atomic mass is 10.1. The molecule has 1 atom stereocenters. The van der Waals surface area contributed by atoms with Gasteiger partial charge in [-0.2, -0.15) is 0 Å². The fraction of sp³-hybridized carbons (Fsp3) is 0.500. The van der Waals surface area contributed by atoms with Crippen LogP contribution < -0.4 is 16.0 Å². The quantitative estimate of drug-likeness (QED) is 0.830. The molecular weight excluding hydrogens is 226 g/mol. The van der Waals surface area contributed by atoms with Crippen molar-refractivity contribution in [3.63, 3.8) is 0 Å². The van der Waals surface area contributed by atoms with E-state index in [1.807, 2.05) is 57.1 Å². The van der Waals surface area contributed by atoms with Gasteiger partial charge in [-0.05, 0) is 30.2 Å². The molecule has 0 aliphatic carbocycles. The summed E-state index contributed by atoms with van der Waals surface area (Å²) >= 11 is 0. The van der Waals surface area contributed by atoms with Gasteiger partial charge in [0.2, 0.25) is 0 Å². The lowest BCUT2D eigenvalue weighted by molar-refractivity contribution is 0.0949. The Balaban J connectivity index is 2.57. The fourth-order valence-corrected chi connectivity index (χ4v) is 1.46. The largest absolute Gasteiger partial charge is 0.378 e. The van der Waals surface area contributed by atoms with E-state index in [1.165, 1.54) is 0 Å². The van der Waals surface area contributed by atoms with Crippen LogP contribution in [0.4, 0.5) is 5.69 Å². The van der Waals surface area contributed by atoms with Crippen molar-refractivity contribution in [1.29, 1.82) is 0 Å². The maximum atomic E-state index is 11.9. The summed E-state index contributed by atoms with van der Waals surface area (Å²) < 4.78 is 0. The average molecular weight is 249 g/mol. The monoisotopic (exact) mass is 249 g/mol. The first kappa shape index (κ1) is 14.5. The molecule has 1 unspecified atom stereocenters.